The number of methoxy groups -OCH3 is 1. The van der Waals surface area contributed by atoms with Crippen molar-refractivity contribution in [1.29, 1.82) is 0 Å². The normalized spacial score (nSPS) is 11.5. The van der Waals surface area contributed by atoms with E-state index < -0.39 is 17.9 Å². The second-order valence-corrected chi connectivity index (χ2v) is 4.00. The lowest BCUT2D eigenvalue weighted by atomic mass is 10.1. The van der Waals surface area contributed by atoms with Crippen molar-refractivity contribution in [1.82, 2.24) is 5.32 Å². The minimum absolute atomic E-state index is 0.245. The summed E-state index contributed by atoms with van der Waals surface area (Å²) in [6, 6.07) is 5.08. The highest BCUT2D eigenvalue weighted by atomic mass is 16.5. The zero-order valence-corrected chi connectivity index (χ0v) is 10.7. The summed E-state index contributed by atoms with van der Waals surface area (Å²) < 4.78 is 4.97. The van der Waals surface area contributed by atoms with Gasteiger partial charge in [0, 0.05) is 12.0 Å². The Bertz CT molecular complexity index is 498. The number of Topliss-reactive ketones (excluding diaryl/α,β-unsaturated/α-hetero) is 1. The van der Waals surface area contributed by atoms with Crippen LogP contribution in [0.5, 0.6) is 5.75 Å². The average Bonchev–Trinajstić information content (AvgIpc) is 2.37. The molecule has 6 heteroatoms. The fraction of sp³-hybridized carbons (Fsp3) is 0.308. The Labute approximate surface area is 110 Å². The number of hydrogen-bond acceptors (Lipinski definition) is 4. The van der Waals surface area contributed by atoms with Crippen molar-refractivity contribution in [3.63, 3.8) is 0 Å². The third kappa shape index (κ3) is 4.42. The Hall–Kier alpha value is -2.37. The summed E-state index contributed by atoms with van der Waals surface area (Å²) >= 11 is 0. The summed E-state index contributed by atoms with van der Waals surface area (Å²) in [7, 11) is 1.47. The number of carbonyl (C=O) groups is 3. The van der Waals surface area contributed by atoms with Crippen LogP contribution < -0.4 is 10.1 Å². The number of carboxylic acid groups (broad SMARTS) is 1. The molecule has 19 heavy (non-hydrogen) atoms. The van der Waals surface area contributed by atoms with Crippen molar-refractivity contribution in [2.24, 2.45) is 0 Å². The molecule has 0 bridgehead atoms. The van der Waals surface area contributed by atoms with Crippen LogP contribution in [0, 0.1) is 0 Å². The molecule has 0 heterocycles. The first-order valence-corrected chi connectivity index (χ1v) is 5.61. The quantitative estimate of drug-likeness (QED) is 0.795. The molecule has 0 aliphatic heterocycles. The van der Waals surface area contributed by atoms with Gasteiger partial charge in [-0.3, -0.25) is 9.59 Å². The fourth-order valence-corrected chi connectivity index (χ4v) is 1.49. The molecule has 0 saturated carbocycles. The van der Waals surface area contributed by atoms with E-state index in [2.05, 4.69) is 5.32 Å². The molecule has 0 aromatic heterocycles. The number of ketones is 1. The molecule has 0 saturated heterocycles. The van der Waals surface area contributed by atoms with Crippen LogP contribution in [0.25, 0.3) is 0 Å². The predicted octanol–water partition coefficient (Wildman–Crippen LogP) is 0.857. The van der Waals surface area contributed by atoms with Crippen LogP contribution >= 0.6 is 0 Å². The van der Waals surface area contributed by atoms with Gasteiger partial charge >= 0.3 is 5.97 Å². The highest BCUT2D eigenvalue weighted by Gasteiger charge is 2.22. The summed E-state index contributed by atoms with van der Waals surface area (Å²) in [6.45, 7) is 1.27. The first-order valence-electron chi connectivity index (χ1n) is 5.61. The monoisotopic (exact) mass is 265 g/mol. The Morgan fingerprint density at radius 2 is 2.05 bits per heavy atom. The molecular weight excluding hydrogens is 250 g/mol. The maximum absolute atomic E-state index is 11.9. The van der Waals surface area contributed by atoms with E-state index in [0.717, 1.165) is 0 Å². The van der Waals surface area contributed by atoms with E-state index in [1.165, 1.54) is 26.2 Å². The van der Waals surface area contributed by atoms with E-state index in [4.69, 9.17) is 9.84 Å². The maximum atomic E-state index is 11.9. The second kappa shape index (κ2) is 6.53. The molecule has 1 aromatic carbocycles. The largest absolute Gasteiger partial charge is 0.497 e. The van der Waals surface area contributed by atoms with E-state index in [-0.39, 0.29) is 17.8 Å². The molecule has 2 N–H and O–H groups in total. The van der Waals surface area contributed by atoms with Gasteiger partial charge in [-0.05, 0) is 25.1 Å². The Kier molecular flexibility index (Phi) is 5.05. The van der Waals surface area contributed by atoms with Crippen molar-refractivity contribution >= 4 is 17.7 Å². The number of nitrogens with one attached hydrogen (secondary N) is 1. The van der Waals surface area contributed by atoms with Crippen molar-refractivity contribution in [3.05, 3.63) is 29.8 Å². The third-order valence-corrected chi connectivity index (χ3v) is 2.43. The maximum Gasteiger partial charge on any atom is 0.326 e. The second-order valence-electron chi connectivity index (χ2n) is 4.00. The molecule has 102 valence electrons. The van der Waals surface area contributed by atoms with Gasteiger partial charge in [-0.2, -0.15) is 0 Å². The van der Waals surface area contributed by atoms with Crippen LogP contribution in [0.1, 0.15) is 23.7 Å². The van der Waals surface area contributed by atoms with E-state index in [9.17, 15) is 14.4 Å². The van der Waals surface area contributed by atoms with Gasteiger partial charge in [0.2, 0.25) is 0 Å². The molecule has 1 unspecified atom stereocenters. The Morgan fingerprint density at radius 3 is 2.58 bits per heavy atom. The van der Waals surface area contributed by atoms with Crippen LogP contribution in [0.3, 0.4) is 0 Å². The molecule has 1 rings (SSSR count). The molecule has 0 aliphatic rings. The lowest BCUT2D eigenvalue weighted by molar-refractivity contribution is -0.140. The van der Waals surface area contributed by atoms with Crippen LogP contribution in [-0.2, 0) is 9.59 Å². The minimum Gasteiger partial charge on any atom is -0.497 e. The number of rotatable bonds is 6. The number of hydrogen-bond donors (Lipinski definition) is 2. The van der Waals surface area contributed by atoms with Gasteiger partial charge in [0.05, 0.1) is 7.11 Å². The zero-order chi connectivity index (χ0) is 14.4. The summed E-state index contributed by atoms with van der Waals surface area (Å²) in [5, 5.41) is 11.2. The average molecular weight is 265 g/mol. The van der Waals surface area contributed by atoms with E-state index in [1.807, 2.05) is 0 Å². The molecule has 0 aliphatic carbocycles. The van der Waals surface area contributed by atoms with Crippen molar-refractivity contribution in [2.75, 3.05) is 7.11 Å². The highest BCUT2D eigenvalue weighted by Crippen LogP contribution is 2.12. The lowest BCUT2D eigenvalue weighted by Gasteiger charge is -2.13. The summed E-state index contributed by atoms with van der Waals surface area (Å²) in [6.07, 6.45) is -0.245. The standard InChI is InChI=1S/C13H15NO5/c1-8(15)6-11(13(17)18)14-12(16)9-4-3-5-10(7-9)19-2/h3-5,7,11H,6H2,1-2H3,(H,14,16)(H,17,18). The van der Waals surface area contributed by atoms with Crippen molar-refractivity contribution < 1.29 is 24.2 Å². The summed E-state index contributed by atoms with van der Waals surface area (Å²) in [4.78, 5) is 33.7. The fourth-order valence-electron chi connectivity index (χ4n) is 1.49. The number of carboxylic acids is 1. The summed E-state index contributed by atoms with van der Waals surface area (Å²) in [5.41, 5.74) is 0.272. The molecule has 1 atom stereocenters. The number of aliphatic carboxylic acids is 1. The molecule has 0 fully saturated rings. The number of ether oxygens (including phenoxy) is 1. The van der Waals surface area contributed by atoms with Crippen LogP contribution in [0.15, 0.2) is 24.3 Å². The number of carbonyl (C=O) groups excluding carboxylic acids is 2. The molecule has 1 aromatic rings. The lowest BCUT2D eigenvalue weighted by Crippen LogP contribution is -2.41. The van der Waals surface area contributed by atoms with Crippen LogP contribution in [-0.4, -0.2) is 35.9 Å². The Morgan fingerprint density at radius 1 is 1.37 bits per heavy atom. The van der Waals surface area contributed by atoms with Crippen molar-refractivity contribution in [2.45, 2.75) is 19.4 Å². The van der Waals surface area contributed by atoms with Crippen LogP contribution in [0.2, 0.25) is 0 Å². The predicted molar refractivity (Wildman–Crippen MR) is 67.2 cm³/mol. The van der Waals surface area contributed by atoms with Gasteiger partial charge in [-0.15, -0.1) is 0 Å². The van der Waals surface area contributed by atoms with Gasteiger partial charge in [0.1, 0.15) is 17.6 Å². The molecular formula is C13H15NO5. The van der Waals surface area contributed by atoms with Gasteiger partial charge < -0.3 is 15.2 Å². The number of amides is 1. The van der Waals surface area contributed by atoms with Gasteiger partial charge in [0.25, 0.3) is 5.91 Å². The smallest absolute Gasteiger partial charge is 0.326 e. The molecule has 1 amide bonds. The third-order valence-electron chi connectivity index (χ3n) is 2.43. The van der Waals surface area contributed by atoms with Gasteiger partial charge in [-0.1, -0.05) is 6.07 Å². The summed E-state index contributed by atoms with van der Waals surface area (Å²) in [5.74, 6) is -1.62. The van der Waals surface area contributed by atoms with Crippen molar-refractivity contribution in [3.8, 4) is 5.75 Å². The first kappa shape index (κ1) is 14.7. The van der Waals surface area contributed by atoms with E-state index in [0.29, 0.717) is 5.75 Å². The minimum atomic E-state index is -1.24. The van der Waals surface area contributed by atoms with E-state index >= 15 is 0 Å². The Balaban J connectivity index is 2.81. The number of benzene rings is 1. The first-order chi connectivity index (χ1) is 8.93. The molecule has 6 nitrogen and oxygen atoms in total. The highest BCUT2D eigenvalue weighted by molar-refractivity contribution is 5.97. The zero-order valence-electron chi connectivity index (χ0n) is 10.7. The topological polar surface area (TPSA) is 92.7 Å². The van der Waals surface area contributed by atoms with Gasteiger partial charge in [-0.25, -0.2) is 4.79 Å². The molecule has 0 spiro atoms. The SMILES string of the molecule is COc1cccc(C(=O)NC(CC(C)=O)C(=O)O)c1. The van der Waals surface area contributed by atoms with Gasteiger partial charge in [0.15, 0.2) is 0 Å². The van der Waals surface area contributed by atoms with Crippen LogP contribution in [0.4, 0.5) is 0 Å². The molecule has 0 radical (unpaired) electrons. The van der Waals surface area contributed by atoms with E-state index in [1.54, 1.807) is 12.1 Å².